The van der Waals surface area contributed by atoms with Crippen molar-refractivity contribution >= 4 is 11.6 Å². The average Bonchev–Trinajstić information content (AvgIpc) is 2.66. The first-order valence-electron chi connectivity index (χ1n) is 10.8. The van der Waals surface area contributed by atoms with Crippen LogP contribution in [0.25, 0.3) is 0 Å². The van der Waals surface area contributed by atoms with E-state index >= 15 is 0 Å². The van der Waals surface area contributed by atoms with Crippen LogP contribution in [0.5, 0.6) is 5.75 Å². The lowest BCUT2D eigenvalue weighted by atomic mass is 10.1. The van der Waals surface area contributed by atoms with Crippen LogP contribution < -0.4 is 10.1 Å². The Hall–Kier alpha value is -1.55. The number of carbonyl (C=O) groups excluding carboxylic acids is 1. The number of methoxy groups -OCH3 is 1. The molecule has 0 fully saturated rings. The van der Waals surface area contributed by atoms with Crippen molar-refractivity contribution in [3.8, 4) is 5.75 Å². The summed E-state index contributed by atoms with van der Waals surface area (Å²) in [6.45, 7) is 3.32. The number of amides is 1. The van der Waals surface area contributed by atoms with E-state index in [0.717, 1.165) is 24.3 Å². The second-order valence-corrected chi connectivity index (χ2v) is 7.20. The predicted octanol–water partition coefficient (Wildman–Crippen LogP) is 6.35. The van der Waals surface area contributed by atoms with E-state index in [2.05, 4.69) is 12.2 Å². The summed E-state index contributed by atoms with van der Waals surface area (Å²) in [5, 5.41) is 2.96. The topological polar surface area (TPSA) is 47.6 Å². The predicted molar refractivity (Wildman–Crippen MR) is 114 cm³/mol. The fourth-order valence-corrected chi connectivity index (χ4v) is 3.08. The number of carbonyl (C=O) groups is 1. The normalized spacial score (nSPS) is 10.7. The van der Waals surface area contributed by atoms with E-state index in [1.165, 1.54) is 57.8 Å². The number of ether oxygens (including phenoxy) is 2. The minimum Gasteiger partial charge on any atom is -0.491 e. The Labute approximate surface area is 166 Å². The molecule has 154 valence electrons. The minimum absolute atomic E-state index is 0.0833. The third kappa shape index (κ3) is 13.3. The second-order valence-electron chi connectivity index (χ2n) is 7.20. The first kappa shape index (κ1) is 23.5. The molecule has 27 heavy (non-hydrogen) atoms. The van der Waals surface area contributed by atoms with Crippen LogP contribution in [0.1, 0.15) is 84.0 Å². The highest BCUT2D eigenvalue weighted by Crippen LogP contribution is 2.18. The molecule has 4 nitrogen and oxygen atoms in total. The molecule has 0 spiro atoms. The van der Waals surface area contributed by atoms with Crippen LogP contribution in [-0.2, 0) is 9.53 Å². The number of hydrogen-bond donors (Lipinski definition) is 1. The number of rotatable bonds is 17. The van der Waals surface area contributed by atoms with Gasteiger partial charge >= 0.3 is 0 Å². The van der Waals surface area contributed by atoms with Gasteiger partial charge in [-0.1, -0.05) is 77.2 Å². The third-order valence-corrected chi connectivity index (χ3v) is 4.68. The summed E-state index contributed by atoms with van der Waals surface area (Å²) in [6.07, 6.45) is 14.8. The van der Waals surface area contributed by atoms with Crippen molar-refractivity contribution in [3.05, 3.63) is 24.3 Å². The standard InChI is InChI=1S/C23H39NO3/c1-3-4-5-6-7-8-9-10-11-12-13-17-23(25)24-21-15-14-16-22(20-21)27-19-18-26-2/h14-16,20H,3-13,17-19H2,1-2H3,(H,24,25). The van der Waals surface area contributed by atoms with Crippen LogP contribution >= 0.6 is 0 Å². The molecule has 1 N–H and O–H groups in total. The van der Waals surface area contributed by atoms with Gasteiger partial charge in [0.2, 0.25) is 5.91 Å². The van der Waals surface area contributed by atoms with Crippen LogP contribution in [0.15, 0.2) is 24.3 Å². The molecule has 0 unspecified atom stereocenters. The zero-order valence-electron chi connectivity index (χ0n) is 17.4. The molecular weight excluding hydrogens is 338 g/mol. The van der Waals surface area contributed by atoms with E-state index in [9.17, 15) is 4.79 Å². The molecule has 0 aromatic heterocycles. The molecule has 4 heteroatoms. The smallest absolute Gasteiger partial charge is 0.224 e. The summed E-state index contributed by atoms with van der Waals surface area (Å²) in [5.74, 6) is 0.833. The summed E-state index contributed by atoms with van der Waals surface area (Å²) >= 11 is 0. The summed E-state index contributed by atoms with van der Waals surface area (Å²) < 4.78 is 10.5. The summed E-state index contributed by atoms with van der Waals surface area (Å²) in [4.78, 5) is 12.1. The maximum atomic E-state index is 12.1. The molecular formula is C23H39NO3. The first-order chi connectivity index (χ1) is 13.3. The molecule has 1 aromatic rings. The molecule has 0 aliphatic rings. The molecule has 0 atom stereocenters. The van der Waals surface area contributed by atoms with Gasteiger partial charge in [-0.3, -0.25) is 4.79 Å². The van der Waals surface area contributed by atoms with Crippen LogP contribution in [0.4, 0.5) is 5.69 Å². The second kappa shape index (κ2) is 16.6. The van der Waals surface area contributed by atoms with Gasteiger partial charge in [-0.05, 0) is 18.6 Å². The lowest BCUT2D eigenvalue weighted by Gasteiger charge is -2.09. The highest BCUT2D eigenvalue weighted by atomic mass is 16.5. The summed E-state index contributed by atoms with van der Waals surface area (Å²) in [7, 11) is 1.65. The summed E-state index contributed by atoms with van der Waals surface area (Å²) in [5.41, 5.74) is 0.790. The van der Waals surface area contributed by atoms with Crippen molar-refractivity contribution in [3.63, 3.8) is 0 Å². The monoisotopic (exact) mass is 377 g/mol. The highest BCUT2D eigenvalue weighted by Gasteiger charge is 2.04. The SMILES string of the molecule is CCCCCCCCCCCCCC(=O)Nc1cccc(OCCOC)c1. The lowest BCUT2D eigenvalue weighted by Crippen LogP contribution is -2.11. The number of benzene rings is 1. The Morgan fingerprint density at radius 3 is 2.15 bits per heavy atom. The first-order valence-corrected chi connectivity index (χ1v) is 10.8. The summed E-state index contributed by atoms with van der Waals surface area (Å²) in [6, 6.07) is 7.52. The van der Waals surface area contributed by atoms with E-state index in [0.29, 0.717) is 19.6 Å². The number of anilines is 1. The van der Waals surface area contributed by atoms with Gasteiger partial charge in [-0.25, -0.2) is 0 Å². The largest absolute Gasteiger partial charge is 0.491 e. The van der Waals surface area contributed by atoms with Gasteiger partial charge in [0.25, 0.3) is 0 Å². The van der Waals surface area contributed by atoms with Crippen LogP contribution in [0.2, 0.25) is 0 Å². The Balaban J connectivity index is 2.03. The maximum absolute atomic E-state index is 12.1. The highest BCUT2D eigenvalue weighted by molar-refractivity contribution is 5.90. The molecule has 0 saturated carbocycles. The fraction of sp³-hybridized carbons (Fsp3) is 0.696. The van der Waals surface area contributed by atoms with E-state index in [1.54, 1.807) is 7.11 Å². The zero-order valence-corrected chi connectivity index (χ0v) is 17.4. The molecule has 1 aromatic carbocycles. The molecule has 0 radical (unpaired) electrons. The molecule has 0 bridgehead atoms. The van der Waals surface area contributed by atoms with Crippen molar-refractivity contribution in [1.82, 2.24) is 0 Å². The average molecular weight is 378 g/mol. The molecule has 0 aliphatic heterocycles. The van der Waals surface area contributed by atoms with E-state index in [4.69, 9.17) is 9.47 Å². The lowest BCUT2D eigenvalue weighted by molar-refractivity contribution is -0.116. The van der Waals surface area contributed by atoms with E-state index in [1.807, 2.05) is 24.3 Å². The molecule has 0 aliphatic carbocycles. The van der Waals surface area contributed by atoms with Crippen molar-refractivity contribution in [1.29, 1.82) is 0 Å². The number of unbranched alkanes of at least 4 members (excludes halogenated alkanes) is 10. The molecule has 0 saturated heterocycles. The minimum atomic E-state index is 0.0833. The Morgan fingerprint density at radius 1 is 0.889 bits per heavy atom. The third-order valence-electron chi connectivity index (χ3n) is 4.68. The zero-order chi connectivity index (χ0) is 19.6. The van der Waals surface area contributed by atoms with Crippen LogP contribution in [-0.4, -0.2) is 26.2 Å². The van der Waals surface area contributed by atoms with Gasteiger partial charge < -0.3 is 14.8 Å². The Bertz CT molecular complexity index is 490. The van der Waals surface area contributed by atoms with Crippen LogP contribution in [0, 0.1) is 0 Å². The fourth-order valence-electron chi connectivity index (χ4n) is 3.08. The van der Waals surface area contributed by atoms with Gasteiger partial charge in [0, 0.05) is 25.3 Å². The molecule has 1 amide bonds. The number of nitrogens with one attached hydrogen (secondary N) is 1. The van der Waals surface area contributed by atoms with Crippen molar-refractivity contribution in [2.45, 2.75) is 84.0 Å². The van der Waals surface area contributed by atoms with E-state index in [-0.39, 0.29) is 5.91 Å². The van der Waals surface area contributed by atoms with Crippen molar-refractivity contribution in [2.75, 3.05) is 25.6 Å². The molecule has 1 rings (SSSR count). The maximum Gasteiger partial charge on any atom is 0.224 e. The quantitative estimate of drug-likeness (QED) is 0.322. The molecule has 0 heterocycles. The van der Waals surface area contributed by atoms with Gasteiger partial charge in [0.1, 0.15) is 12.4 Å². The van der Waals surface area contributed by atoms with Gasteiger partial charge in [-0.15, -0.1) is 0 Å². The van der Waals surface area contributed by atoms with Gasteiger partial charge in [0.05, 0.1) is 6.61 Å². The van der Waals surface area contributed by atoms with Gasteiger partial charge in [-0.2, -0.15) is 0 Å². The van der Waals surface area contributed by atoms with Crippen LogP contribution in [0.3, 0.4) is 0 Å². The Morgan fingerprint density at radius 2 is 1.52 bits per heavy atom. The van der Waals surface area contributed by atoms with Crippen molar-refractivity contribution < 1.29 is 14.3 Å². The Kier molecular flexibility index (Phi) is 14.5. The number of hydrogen-bond acceptors (Lipinski definition) is 3. The van der Waals surface area contributed by atoms with Gasteiger partial charge in [0.15, 0.2) is 0 Å². The van der Waals surface area contributed by atoms with Crippen molar-refractivity contribution in [2.24, 2.45) is 0 Å². The van der Waals surface area contributed by atoms with E-state index < -0.39 is 0 Å².